The lowest BCUT2D eigenvalue weighted by Crippen LogP contribution is -2.50. The van der Waals surface area contributed by atoms with Crippen molar-refractivity contribution < 1.29 is 36.9 Å². The smallest absolute Gasteiger partial charge is 0.469 e. The molecular weight excluding hydrogens is 368 g/mol. The van der Waals surface area contributed by atoms with Crippen molar-refractivity contribution >= 4 is 19.7 Å². The Hall–Kier alpha value is -1.96. The molecule has 0 bridgehead atoms. The second kappa shape index (κ2) is 8.16. The van der Waals surface area contributed by atoms with Crippen molar-refractivity contribution in [3.8, 4) is 5.75 Å². The number of carbonyl (C=O) groups is 2. The lowest BCUT2D eigenvalue weighted by Gasteiger charge is -2.39. The number of hydrogen-bond acceptors (Lipinski definition) is 7. The van der Waals surface area contributed by atoms with Crippen LogP contribution in [-0.2, 0) is 27.9 Å². The molecule has 26 heavy (non-hydrogen) atoms. The third kappa shape index (κ3) is 5.27. The van der Waals surface area contributed by atoms with Crippen LogP contribution in [0.5, 0.6) is 5.75 Å². The van der Waals surface area contributed by atoms with Gasteiger partial charge in [0.15, 0.2) is 6.10 Å². The zero-order chi connectivity index (χ0) is 19.4. The van der Waals surface area contributed by atoms with E-state index in [1.54, 1.807) is 13.8 Å². The van der Waals surface area contributed by atoms with E-state index < -0.39 is 37.0 Å². The van der Waals surface area contributed by atoms with E-state index in [1.165, 1.54) is 19.2 Å². The summed E-state index contributed by atoms with van der Waals surface area (Å²) in [6, 6.07) is 4.80. The van der Waals surface area contributed by atoms with Crippen LogP contribution in [0.2, 0.25) is 0 Å². The van der Waals surface area contributed by atoms with E-state index in [9.17, 15) is 18.5 Å². The van der Waals surface area contributed by atoms with E-state index >= 15 is 0 Å². The number of rotatable bonds is 6. The molecule has 1 amide bonds. The summed E-state index contributed by atoms with van der Waals surface area (Å²) in [5.41, 5.74) is -0.782. The Kier molecular flexibility index (Phi) is 6.39. The zero-order valence-corrected chi connectivity index (χ0v) is 15.6. The Balaban J connectivity index is 2.04. The molecule has 1 saturated heterocycles. The number of methoxy groups -OCH3 is 1. The summed E-state index contributed by atoms with van der Waals surface area (Å²) in [6.07, 6.45) is -1.13. The van der Waals surface area contributed by atoms with Crippen molar-refractivity contribution in [1.29, 1.82) is 0 Å². The van der Waals surface area contributed by atoms with Crippen LogP contribution < -0.4 is 9.84 Å². The highest BCUT2D eigenvalue weighted by Gasteiger charge is 2.49. The third-order valence-corrected chi connectivity index (χ3v) is 5.01. The van der Waals surface area contributed by atoms with Gasteiger partial charge in [0.05, 0.1) is 20.1 Å². The van der Waals surface area contributed by atoms with Gasteiger partial charge in [-0.25, -0.2) is 8.96 Å². The molecule has 2 atom stereocenters. The van der Waals surface area contributed by atoms with Crippen LogP contribution in [-0.4, -0.2) is 38.2 Å². The summed E-state index contributed by atoms with van der Waals surface area (Å²) in [4.78, 5) is 23.5. The molecule has 8 nitrogen and oxygen atoms in total. The number of nitrogens with one attached hydrogen (secondary N) is 1. The average molecular weight is 389 g/mol. The lowest BCUT2D eigenvalue weighted by atomic mass is 9.87. The Morgan fingerprint density at radius 3 is 2.62 bits per heavy atom. The molecular formula is C16H21FNO7P. The normalized spacial score (nSPS) is 24.5. The molecule has 0 radical (unpaired) electrons. The average Bonchev–Trinajstić information content (AvgIpc) is 2.59. The molecule has 0 aromatic heterocycles. The number of ether oxygens (including phenoxy) is 1. The van der Waals surface area contributed by atoms with E-state index in [0.717, 1.165) is 12.1 Å². The summed E-state index contributed by atoms with van der Waals surface area (Å²) >= 11 is 0. The van der Waals surface area contributed by atoms with Crippen molar-refractivity contribution in [2.75, 3.05) is 20.3 Å². The maximum Gasteiger partial charge on any atom is 0.530 e. The van der Waals surface area contributed by atoms with Gasteiger partial charge < -0.3 is 14.6 Å². The highest BCUT2D eigenvalue weighted by atomic mass is 31.2. The third-order valence-electron chi connectivity index (χ3n) is 3.66. The van der Waals surface area contributed by atoms with Gasteiger partial charge in [-0.05, 0) is 24.3 Å². The van der Waals surface area contributed by atoms with Crippen LogP contribution >= 0.6 is 7.82 Å². The fraction of sp³-hybridized carbons (Fsp3) is 0.500. The molecule has 1 aromatic rings. The quantitative estimate of drug-likeness (QED) is 0.589. The van der Waals surface area contributed by atoms with Crippen molar-refractivity contribution in [2.24, 2.45) is 5.41 Å². The maximum absolute atomic E-state index is 13.0. The Labute approximate surface area is 150 Å². The van der Waals surface area contributed by atoms with Crippen LogP contribution in [0.1, 0.15) is 20.3 Å². The molecule has 0 unspecified atom stereocenters. The molecule has 10 heteroatoms. The zero-order valence-electron chi connectivity index (χ0n) is 14.7. The van der Waals surface area contributed by atoms with Crippen LogP contribution in [0.25, 0.3) is 0 Å². The lowest BCUT2D eigenvalue weighted by molar-refractivity contribution is -0.142. The standard InChI is InChI=1S/C16H21FNO7P/c1-16(2)10-23-26(21,24-12-6-4-11(17)5-7-12)25-14(16)15(20)18-9-8-13(19)22-3/h4-7,14H,8-10H2,1-3H3,(H,18,20)/t14-,26+/m0/s1. The Bertz CT molecular complexity index is 707. The minimum atomic E-state index is -4.07. The van der Waals surface area contributed by atoms with Crippen LogP contribution in [0.3, 0.4) is 0 Å². The number of amides is 1. The number of carbonyl (C=O) groups excluding carboxylic acids is 2. The Morgan fingerprint density at radius 2 is 2.00 bits per heavy atom. The minimum absolute atomic E-state index is 0.00434. The summed E-state index contributed by atoms with van der Waals surface area (Å²) in [6.45, 7) is 3.41. The fourth-order valence-corrected chi connectivity index (χ4v) is 3.85. The number of hydrogen-bond donors (Lipinski definition) is 1. The summed E-state index contributed by atoms with van der Waals surface area (Å²) in [7, 11) is -2.82. The van der Waals surface area contributed by atoms with E-state index in [2.05, 4.69) is 10.1 Å². The van der Waals surface area contributed by atoms with Crippen molar-refractivity contribution in [2.45, 2.75) is 26.4 Å². The van der Waals surface area contributed by atoms with E-state index in [4.69, 9.17) is 13.6 Å². The van der Waals surface area contributed by atoms with Gasteiger partial charge in [-0.2, -0.15) is 0 Å². The van der Waals surface area contributed by atoms with E-state index in [-0.39, 0.29) is 25.3 Å². The van der Waals surface area contributed by atoms with Crippen LogP contribution in [0.4, 0.5) is 4.39 Å². The monoisotopic (exact) mass is 389 g/mol. The molecule has 144 valence electrons. The second-order valence-electron chi connectivity index (χ2n) is 6.36. The largest absolute Gasteiger partial charge is 0.530 e. The van der Waals surface area contributed by atoms with Gasteiger partial charge in [0.1, 0.15) is 11.6 Å². The van der Waals surface area contributed by atoms with E-state index in [1.807, 2.05) is 0 Å². The Morgan fingerprint density at radius 1 is 1.35 bits per heavy atom. The van der Waals surface area contributed by atoms with Crippen LogP contribution in [0.15, 0.2) is 24.3 Å². The molecule has 1 N–H and O–H groups in total. The molecule has 0 spiro atoms. The SMILES string of the molecule is COC(=O)CCNC(=O)[C@@H]1O[P@@](=O)(Oc2ccc(F)cc2)OCC1(C)C. The molecule has 1 heterocycles. The maximum atomic E-state index is 13.0. The molecule has 1 fully saturated rings. The van der Waals surface area contributed by atoms with Gasteiger partial charge in [-0.15, -0.1) is 0 Å². The number of phosphoric ester groups is 1. The van der Waals surface area contributed by atoms with E-state index in [0.29, 0.717) is 0 Å². The number of benzene rings is 1. The highest BCUT2D eigenvalue weighted by Crippen LogP contribution is 2.56. The first-order chi connectivity index (χ1) is 12.1. The van der Waals surface area contributed by atoms with Gasteiger partial charge in [0.25, 0.3) is 5.91 Å². The predicted octanol–water partition coefficient (Wildman–Crippen LogP) is 2.43. The molecule has 1 aliphatic rings. The first-order valence-corrected chi connectivity index (χ1v) is 9.34. The molecule has 1 aromatic carbocycles. The molecule has 0 saturated carbocycles. The predicted molar refractivity (Wildman–Crippen MR) is 88.9 cm³/mol. The summed E-state index contributed by atoms with van der Waals surface area (Å²) < 4.78 is 46.0. The topological polar surface area (TPSA) is 100 Å². The number of esters is 1. The van der Waals surface area contributed by atoms with Gasteiger partial charge >= 0.3 is 13.8 Å². The van der Waals surface area contributed by atoms with Gasteiger partial charge in [0.2, 0.25) is 0 Å². The second-order valence-corrected chi connectivity index (χ2v) is 7.90. The molecule has 1 aliphatic heterocycles. The summed E-state index contributed by atoms with van der Waals surface area (Å²) in [5.74, 6) is -1.42. The highest BCUT2D eigenvalue weighted by molar-refractivity contribution is 7.49. The fourth-order valence-electron chi connectivity index (χ4n) is 2.18. The van der Waals surface area contributed by atoms with Gasteiger partial charge in [-0.1, -0.05) is 13.8 Å². The minimum Gasteiger partial charge on any atom is -0.469 e. The molecule has 0 aliphatic carbocycles. The molecule has 2 rings (SSSR count). The first-order valence-electron chi connectivity index (χ1n) is 7.88. The van der Waals surface area contributed by atoms with Gasteiger partial charge in [0, 0.05) is 12.0 Å². The van der Waals surface area contributed by atoms with Crippen molar-refractivity contribution in [3.63, 3.8) is 0 Å². The van der Waals surface area contributed by atoms with Crippen molar-refractivity contribution in [1.82, 2.24) is 5.32 Å². The number of phosphoric acid groups is 1. The summed E-state index contributed by atoms with van der Waals surface area (Å²) in [5, 5.41) is 2.54. The van der Waals surface area contributed by atoms with Crippen molar-refractivity contribution in [3.05, 3.63) is 30.1 Å². The number of halogens is 1. The first kappa shape index (κ1) is 20.4. The van der Waals surface area contributed by atoms with Crippen LogP contribution in [0, 0.1) is 11.2 Å². The van der Waals surface area contributed by atoms with Gasteiger partial charge in [-0.3, -0.25) is 18.6 Å².